The normalized spacial score (nSPS) is 13.0. The van der Waals surface area contributed by atoms with Crippen molar-refractivity contribution < 1.29 is 19.5 Å². The molecule has 1 aliphatic heterocycles. The maximum atomic E-state index is 12.7. The van der Waals surface area contributed by atoms with Crippen molar-refractivity contribution >= 4 is 40.2 Å². The quantitative estimate of drug-likeness (QED) is 0.572. The number of hydrogen-bond acceptors (Lipinski definition) is 3. The minimum Gasteiger partial charge on any atom is -0.465 e. The van der Waals surface area contributed by atoms with Crippen molar-refractivity contribution in [3.63, 3.8) is 0 Å². The molecule has 0 atom stereocenters. The lowest BCUT2D eigenvalue weighted by Crippen LogP contribution is -2.34. The number of rotatable bonds is 3. The van der Waals surface area contributed by atoms with E-state index in [-0.39, 0.29) is 17.5 Å². The third-order valence-electron chi connectivity index (χ3n) is 4.44. The third kappa shape index (κ3) is 3.08. The Morgan fingerprint density at radius 1 is 1.04 bits per heavy atom. The molecule has 0 saturated heterocycles. The smallest absolute Gasteiger partial charge is 0.409 e. The molecule has 8 nitrogen and oxygen atoms in total. The number of aromatic nitrogens is 1. The Balaban J connectivity index is 1.66. The molecule has 0 spiro atoms. The van der Waals surface area contributed by atoms with Gasteiger partial charge in [-0.25, -0.2) is 4.79 Å². The van der Waals surface area contributed by atoms with E-state index in [0.717, 1.165) is 10.9 Å². The van der Waals surface area contributed by atoms with E-state index in [2.05, 4.69) is 16.0 Å². The van der Waals surface area contributed by atoms with Crippen LogP contribution >= 0.6 is 0 Å². The summed E-state index contributed by atoms with van der Waals surface area (Å²) < 4.78 is 1.89. The highest BCUT2D eigenvalue weighted by atomic mass is 16.4. The van der Waals surface area contributed by atoms with Gasteiger partial charge in [-0.05, 0) is 30.3 Å². The fraction of sp³-hybridized carbons (Fsp3) is 0.105. The largest absolute Gasteiger partial charge is 0.465 e. The number of benzene rings is 2. The summed E-state index contributed by atoms with van der Waals surface area (Å²) in [4.78, 5) is 35.5. The monoisotopic (exact) mass is 364 g/mol. The summed E-state index contributed by atoms with van der Waals surface area (Å²) in [7, 11) is 0. The maximum absolute atomic E-state index is 12.7. The summed E-state index contributed by atoms with van der Waals surface area (Å²) in [6, 6.07) is 13.6. The van der Waals surface area contributed by atoms with E-state index in [1.54, 1.807) is 48.5 Å². The average Bonchev–Trinajstić information content (AvgIpc) is 3.02. The van der Waals surface area contributed by atoms with Crippen LogP contribution in [0.4, 0.5) is 16.2 Å². The first kappa shape index (κ1) is 16.6. The topological polar surface area (TPSA) is 112 Å². The summed E-state index contributed by atoms with van der Waals surface area (Å²) in [6.07, 6.45) is -1.21. The van der Waals surface area contributed by atoms with Gasteiger partial charge in [0.05, 0.1) is 11.4 Å². The number of carbonyl (C=O) groups is 3. The number of hydrogen-bond donors (Lipinski definition) is 4. The van der Waals surface area contributed by atoms with E-state index in [1.165, 1.54) is 0 Å². The highest BCUT2D eigenvalue weighted by Crippen LogP contribution is 2.25. The van der Waals surface area contributed by atoms with Gasteiger partial charge in [-0.3, -0.25) is 14.9 Å². The lowest BCUT2D eigenvalue weighted by molar-refractivity contribution is 0.0928. The van der Waals surface area contributed by atoms with Gasteiger partial charge in [-0.15, -0.1) is 0 Å². The molecule has 3 amide bonds. The Morgan fingerprint density at radius 3 is 2.52 bits per heavy atom. The van der Waals surface area contributed by atoms with Crippen LogP contribution in [0.5, 0.6) is 0 Å². The van der Waals surface area contributed by atoms with Crippen LogP contribution in [0.2, 0.25) is 0 Å². The molecule has 136 valence electrons. The standard InChI is InChI=1S/C19H16N4O4/c24-17(21-13-3-1-2-4-14(13)22-19(26)27)12-6-5-11-9-16-18(25)20-7-8-23(16)15(11)10-12/h1-6,9-10,22H,7-8H2,(H,20,25)(H,21,24)(H,26,27). The number of fused-ring (bicyclic) bond motifs is 3. The summed E-state index contributed by atoms with van der Waals surface area (Å²) in [5.41, 5.74) is 2.45. The molecule has 27 heavy (non-hydrogen) atoms. The highest BCUT2D eigenvalue weighted by Gasteiger charge is 2.20. The van der Waals surface area contributed by atoms with Crippen LogP contribution < -0.4 is 16.0 Å². The second kappa shape index (κ2) is 6.49. The second-order valence-electron chi connectivity index (χ2n) is 6.14. The second-order valence-corrected chi connectivity index (χ2v) is 6.14. The molecule has 1 aliphatic rings. The molecule has 8 heteroatoms. The van der Waals surface area contributed by atoms with Gasteiger partial charge in [-0.2, -0.15) is 0 Å². The van der Waals surface area contributed by atoms with Gasteiger partial charge in [0.25, 0.3) is 11.8 Å². The molecule has 4 rings (SSSR count). The Morgan fingerprint density at radius 2 is 1.78 bits per heavy atom. The first-order valence-electron chi connectivity index (χ1n) is 8.35. The minimum absolute atomic E-state index is 0.128. The van der Waals surface area contributed by atoms with Crippen LogP contribution in [0.1, 0.15) is 20.8 Å². The van der Waals surface area contributed by atoms with Crippen molar-refractivity contribution in [2.75, 3.05) is 17.2 Å². The fourth-order valence-electron chi connectivity index (χ4n) is 3.21. The van der Waals surface area contributed by atoms with Crippen molar-refractivity contribution in [3.8, 4) is 0 Å². The molecule has 0 bridgehead atoms. The van der Waals surface area contributed by atoms with Crippen LogP contribution in [0.15, 0.2) is 48.5 Å². The number of para-hydroxylation sites is 2. The summed E-state index contributed by atoms with van der Waals surface area (Å²) in [5.74, 6) is -0.496. The molecule has 0 aliphatic carbocycles. The summed E-state index contributed by atoms with van der Waals surface area (Å²) in [5, 5.41) is 17.6. The SMILES string of the molecule is O=C(O)Nc1ccccc1NC(=O)c1ccc2cc3n(c2c1)CCNC3=O. The predicted molar refractivity (Wildman–Crippen MR) is 100 cm³/mol. The van der Waals surface area contributed by atoms with Crippen molar-refractivity contribution in [3.05, 3.63) is 59.8 Å². The first-order valence-corrected chi connectivity index (χ1v) is 8.35. The lowest BCUT2D eigenvalue weighted by atomic mass is 10.1. The molecule has 0 fully saturated rings. The van der Waals surface area contributed by atoms with Gasteiger partial charge in [0, 0.05) is 29.6 Å². The zero-order chi connectivity index (χ0) is 19.0. The Labute approximate surface area is 153 Å². The number of carboxylic acid groups (broad SMARTS) is 1. The zero-order valence-electron chi connectivity index (χ0n) is 14.2. The van der Waals surface area contributed by atoms with E-state index in [1.807, 2.05) is 4.57 Å². The van der Waals surface area contributed by atoms with Gasteiger partial charge in [0.1, 0.15) is 5.69 Å². The van der Waals surface area contributed by atoms with Gasteiger partial charge < -0.3 is 20.3 Å². The van der Waals surface area contributed by atoms with Crippen LogP contribution in [-0.2, 0) is 6.54 Å². The Kier molecular flexibility index (Phi) is 4.00. The molecule has 2 heterocycles. The molecule has 0 unspecified atom stereocenters. The molecule has 0 saturated carbocycles. The van der Waals surface area contributed by atoms with Crippen LogP contribution in [0.3, 0.4) is 0 Å². The van der Waals surface area contributed by atoms with Crippen molar-refractivity contribution in [2.24, 2.45) is 0 Å². The van der Waals surface area contributed by atoms with E-state index < -0.39 is 6.09 Å². The fourth-order valence-corrected chi connectivity index (χ4v) is 3.21. The average molecular weight is 364 g/mol. The number of amides is 3. The Bertz CT molecular complexity index is 1090. The predicted octanol–water partition coefficient (Wildman–Crippen LogP) is 2.73. The van der Waals surface area contributed by atoms with Crippen molar-refractivity contribution in [1.29, 1.82) is 0 Å². The van der Waals surface area contributed by atoms with Gasteiger partial charge in [-0.1, -0.05) is 18.2 Å². The number of anilines is 2. The number of carbonyl (C=O) groups excluding carboxylic acids is 2. The van der Waals surface area contributed by atoms with E-state index in [9.17, 15) is 14.4 Å². The van der Waals surface area contributed by atoms with Crippen LogP contribution in [0, 0.1) is 0 Å². The van der Waals surface area contributed by atoms with Gasteiger partial charge >= 0.3 is 6.09 Å². The highest BCUT2D eigenvalue weighted by molar-refractivity contribution is 6.09. The van der Waals surface area contributed by atoms with Gasteiger partial charge in [0.15, 0.2) is 0 Å². The summed E-state index contributed by atoms with van der Waals surface area (Å²) in [6.45, 7) is 1.18. The molecule has 3 aromatic rings. The Hall–Kier alpha value is -3.81. The number of nitrogens with one attached hydrogen (secondary N) is 3. The zero-order valence-corrected chi connectivity index (χ0v) is 14.2. The molecular formula is C19H16N4O4. The molecule has 4 N–H and O–H groups in total. The van der Waals surface area contributed by atoms with E-state index >= 15 is 0 Å². The molecule has 1 aromatic heterocycles. The van der Waals surface area contributed by atoms with Crippen LogP contribution in [0.25, 0.3) is 10.9 Å². The molecular weight excluding hydrogens is 348 g/mol. The molecule has 0 radical (unpaired) electrons. The first-order chi connectivity index (χ1) is 13.0. The number of nitrogens with zero attached hydrogens (tertiary/aromatic N) is 1. The lowest BCUT2D eigenvalue weighted by Gasteiger charge is -2.16. The van der Waals surface area contributed by atoms with E-state index in [4.69, 9.17) is 5.11 Å². The third-order valence-corrected chi connectivity index (χ3v) is 4.44. The van der Waals surface area contributed by atoms with E-state index in [0.29, 0.717) is 30.0 Å². The van der Waals surface area contributed by atoms with Crippen molar-refractivity contribution in [2.45, 2.75) is 6.54 Å². The molecule has 2 aromatic carbocycles. The maximum Gasteiger partial charge on any atom is 0.409 e. The minimum atomic E-state index is -1.21. The summed E-state index contributed by atoms with van der Waals surface area (Å²) >= 11 is 0. The van der Waals surface area contributed by atoms with Crippen molar-refractivity contribution in [1.82, 2.24) is 9.88 Å². The van der Waals surface area contributed by atoms with Crippen LogP contribution in [-0.4, -0.2) is 34.1 Å². The van der Waals surface area contributed by atoms with Gasteiger partial charge in [0.2, 0.25) is 0 Å².